The Bertz CT molecular complexity index is 5330. The van der Waals surface area contributed by atoms with E-state index in [2.05, 4.69) is 57.5 Å². The maximum Gasteiger partial charge on any atom is 0.419 e. The Morgan fingerprint density at radius 1 is 0.336 bits per heavy atom. The molecule has 6 amide bonds. The number of carbonyl (C=O) groups excluding carboxylic acids is 5. The molecule has 4 aromatic heterocycles. The highest BCUT2D eigenvalue weighted by atomic mass is 19.4. The van der Waals surface area contributed by atoms with Crippen LogP contribution in [-0.2, 0) is 77.1 Å². The van der Waals surface area contributed by atoms with Gasteiger partial charge < -0.3 is 29.4 Å². The van der Waals surface area contributed by atoms with Crippen molar-refractivity contribution in [2.75, 3.05) is 85.6 Å². The molecule has 13 heterocycles. The average molecular weight is 1780 g/mol. The summed E-state index contributed by atoms with van der Waals surface area (Å²) in [4.78, 5) is 80.7. The number of hydrogen-bond donors (Lipinski definition) is 4. The van der Waals surface area contributed by atoms with Gasteiger partial charge in [0.1, 0.15) is 0 Å². The monoisotopic (exact) mass is 1780 g/mol. The smallest absolute Gasteiger partial charge is 0.337 e. The van der Waals surface area contributed by atoms with E-state index >= 15 is 0 Å². The van der Waals surface area contributed by atoms with Crippen LogP contribution in [0, 0.1) is 46.5 Å². The second-order valence-electron chi connectivity index (χ2n) is 32.7. The third-order valence-corrected chi connectivity index (χ3v) is 24.9. The molecule has 9 aliphatic heterocycles. The Kier molecular flexibility index (Phi) is 26.4. The van der Waals surface area contributed by atoms with Crippen LogP contribution in [0.2, 0.25) is 0 Å². The van der Waals surface area contributed by atoms with Gasteiger partial charge in [-0.05, 0) is 161 Å². The molecule has 4 N–H and O–H groups in total. The van der Waals surface area contributed by atoms with Gasteiger partial charge in [-0.15, -0.1) is 0 Å². The van der Waals surface area contributed by atoms with Crippen LogP contribution in [0.4, 0.5) is 92.6 Å². The number of carbonyl (C=O) groups is 5. The minimum absolute atomic E-state index is 0.0710. The highest BCUT2D eigenvalue weighted by Gasteiger charge is 2.47. The molecule has 0 unspecified atom stereocenters. The summed E-state index contributed by atoms with van der Waals surface area (Å²) in [5.41, 5.74) is 0.650. The van der Waals surface area contributed by atoms with Crippen molar-refractivity contribution in [3.8, 4) is 0 Å². The van der Waals surface area contributed by atoms with E-state index in [-0.39, 0.29) is 168 Å². The number of aromatic nitrogens is 8. The maximum atomic E-state index is 14.0. The number of hydrogen-bond acceptors (Lipinski definition) is 12. The van der Waals surface area contributed by atoms with Gasteiger partial charge in [0.15, 0.2) is 69.3 Å². The standard InChI is InChI=1S/C23H24F5N5O2.C21H23F5N4O.C20H21F5N4O.C19H19F5N4O/c24-16-4-3-14(18(19(16)25)23(26,27)28)13-5-9-31(10-6-13)21(34)20-15-11-33(12-17(15)29-30-20)22(35)32-7-1-2-8-32;1-2-7-29-10-14-16(11-29)27-28-19(14)20(31)30-8-5-12(6-9-30)13-3-4-15(22)18(23)17(13)21(24,25)26;1-2-28-9-13-15(10-28)26-27-18(13)19(30)29-7-5-11(6-8-29)12-3-4-14(21)17(22)16(12)20(23,24)25;1-27-8-12-14(9-27)25-26-17(12)18(29)28-6-4-10(5-7-28)11-2-3-13(20)16(21)15(11)19(22,23)24/h3-4,13H,1-2,5-12H2,(H,29,30);3-4,12H,2,5-11H2,1H3,(H,27,28);3-4,11H,2,5-10H2,1H3,(H,26,27);2-3,10H,4-9H2,1H3,(H,25,26). The predicted molar refractivity (Wildman–Crippen MR) is 406 cm³/mol. The molecule has 674 valence electrons. The van der Waals surface area contributed by atoms with Crippen molar-refractivity contribution >= 4 is 29.7 Å². The Morgan fingerprint density at radius 3 is 0.904 bits per heavy atom. The van der Waals surface area contributed by atoms with Gasteiger partial charge in [-0.3, -0.25) is 54.3 Å². The molecule has 0 atom stereocenters. The first kappa shape index (κ1) is 90.6. The van der Waals surface area contributed by atoms with Crippen molar-refractivity contribution in [1.82, 2.24) is 84.9 Å². The van der Waals surface area contributed by atoms with Crippen molar-refractivity contribution < 1.29 is 112 Å². The van der Waals surface area contributed by atoms with Gasteiger partial charge >= 0.3 is 30.7 Å². The van der Waals surface area contributed by atoms with Crippen molar-refractivity contribution in [1.29, 1.82) is 0 Å². The van der Waals surface area contributed by atoms with E-state index in [4.69, 9.17) is 0 Å². The van der Waals surface area contributed by atoms with Crippen LogP contribution in [0.5, 0.6) is 0 Å². The lowest BCUT2D eigenvalue weighted by Gasteiger charge is -2.33. The molecule has 125 heavy (non-hydrogen) atoms. The molecule has 0 aliphatic carbocycles. The highest BCUT2D eigenvalue weighted by Crippen LogP contribution is 2.47. The van der Waals surface area contributed by atoms with Crippen LogP contribution in [0.3, 0.4) is 0 Å². The lowest BCUT2D eigenvalue weighted by molar-refractivity contribution is -0.142. The van der Waals surface area contributed by atoms with Crippen LogP contribution in [0.1, 0.15) is 240 Å². The Morgan fingerprint density at radius 2 is 0.608 bits per heavy atom. The Balaban J connectivity index is 0.000000136. The van der Waals surface area contributed by atoms with E-state index in [0.29, 0.717) is 80.2 Å². The number of fused-ring (bicyclic) bond motifs is 4. The third kappa shape index (κ3) is 18.8. The zero-order valence-electron chi connectivity index (χ0n) is 67.8. The van der Waals surface area contributed by atoms with E-state index in [1.54, 1.807) is 24.5 Å². The van der Waals surface area contributed by atoms with Crippen LogP contribution in [0.25, 0.3) is 0 Å². The molecule has 4 aromatic carbocycles. The number of urea groups is 1. The minimum atomic E-state index is -5.03. The second-order valence-corrected chi connectivity index (χ2v) is 32.7. The number of alkyl halides is 12. The Labute approximate surface area is 701 Å². The number of likely N-dealkylation sites (tertiary alicyclic amines) is 5. The van der Waals surface area contributed by atoms with Gasteiger partial charge in [0, 0.05) is 127 Å². The van der Waals surface area contributed by atoms with E-state index < -0.39 is 117 Å². The zero-order chi connectivity index (χ0) is 89.8. The van der Waals surface area contributed by atoms with Gasteiger partial charge in [-0.1, -0.05) is 38.1 Å². The van der Waals surface area contributed by atoms with E-state index in [1.165, 1.54) is 4.90 Å². The van der Waals surface area contributed by atoms with Crippen molar-refractivity contribution in [3.05, 3.63) is 207 Å². The Hall–Kier alpha value is -10.7. The topological polar surface area (TPSA) is 229 Å². The number of nitrogens with one attached hydrogen (secondary N) is 4. The molecule has 42 heteroatoms. The van der Waals surface area contributed by atoms with Crippen LogP contribution in [0.15, 0.2) is 48.5 Å². The second kappa shape index (κ2) is 36.4. The molecule has 0 spiro atoms. The fourth-order valence-corrected chi connectivity index (χ4v) is 18.4. The molecule has 22 nitrogen and oxygen atoms in total. The lowest BCUT2D eigenvalue weighted by atomic mass is 9.86. The number of rotatable bonds is 11. The predicted octanol–water partition coefficient (Wildman–Crippen LogP) is 16.4. The summed E-state index contributed by atoms with van der Waals surface area (Å²) >= 11 is 0. The zero-order valence-corrected chi connectivity index (χ0v) is 67.8. The number of amides is 6. The number of halogens is 20. The summed E-state index contributed by atoms with van der Waals surface area (Å²) in [5, 5.41) is 28.1. The largest absolute Gasteiger partial charge is 0.419 e. The van der Waals surface area contributed by atoms with E-state index in [1.807, 2.05) is 18.9 Å². The van der Waals surface area contributed by atoms with E-state index in [0.717, 1.165) is 122 Å². The molecule has 9 aliphatic rings. The number of nitrogens with zero attached hydrogens (tertiary/aromatic N) is 13. The first-order valence-corrected chi connectivity index (χ1v) is 41.0. The summed E-state index contributed by atoms with van der Waals surface area (Å²) in [7, 11) is 1.92. The van der Waals surface area contributed by atoms with Gasteiger partial charge in [-0.2, -0.15) is 73.1 Å². The number of H-pyrrole nitrogens is 4. The summed E-state index contributed by atoms with van der Waals surface area (Å²) in [6.07, 6.45) is -15.3. The number of benzene rings is 4. The van der Waals surface area contributed by atoms with Crippen molar-refractivity contribution in [3.63, 3.8) is 0 Å². The first-order valence-electron chi connectivity index (χ1n) is 41.0. The fraction of sp³-hybridized carbons (Fsp3) is 0.506. The molecule has 8 aromatic rings. The lowest BCUT2D eigenvalue weighted by Crippen LogP contribution is -2.40. The van der Waals surface area contributed by atoms with Crippen molar-refractivity contribution in [2.24, 2.45) is 0 Å². The van der Waals surface area contributed by atoms with Crippen LogP contribution in [-0.4, -0.2) is 200 Å². The minimum Gasteiger partial charge on any atom is -0.337 e. The molecular weight excluding hydrogens is 1690 g/mol. The molecule has 5 saturated heterocycles. The molecule has 0 saturated carbocycles. The summed E-state index contributed by atoms with van der Waals surface area (Å²) in [6, 6.07) is 6.81. The quantitative estimate of drug-likeness (QED) is 0.0887. The molecule has 17 rings (SSSR count). The van der Waals surface area contributed by atoms with Gasteiger partial charge in [-0.25, -0.2) is 39.9 Å². The molecule has 0 radical (unpaired) electrons. The number of piperidine rings is 4. The van der Waals surface area contributed by atoms with Crippen LogP contribution < -0.4 is 0 Å². The fourth-order valence-electron chi connectivity index (χ4n) is 18.4. The third-order valence-electron chi connectivity index (χ3n) is 24.9. The van der Waals surface area contributed by atoms with Crippen molar-refractivity contribution in [2.45, 2.75) is 185 Å². The van der Waals surface area contributed by atoms with E-state index in [9.17, 15) is 112 Å². The summed E-state index contributed by atoms with van der Waals surface area (Å²) < 4.78 is 270. The van der Waals surface area contributed by atoms with Crippen LogP contribution >= 0.6 is 0 Å². The first-order chi connectivity index (χ1) is 59.2. The average Bonchev–Trinajstić information content (AvgIpc) is 1.74. The normalized spacial score (nSPS) is 18.4. The van der Waals surface area contributed by atoms with Gasteiger partial charge in [0.05, 0.1) is 58.1 Å². The molecule has 5 fully saturated rings. The van der Waals surface area contributed by atoms with Gasteiger partial charge in [0.25, 0.3) is 23.6 Å². The highest BCUT2D eigenvalue weighted by molar-refractivity contribution is 5.96. The van der Waals surface area contributed by atoms with Gasteiger partial charge in [0.2, 0.25) is 0 Å². The molecule has 0 bridgehead atoms. The molecular formula is C83H87F20N17O5. The summed E-state index contributed by atoms with van der Waals surface area (Å²) in [5.74, 6) is -17.2. The summed E-state index contributed by atoms with van der Waals surface area (Å²) in [6.45, 7) is 13.5. The number of aromatic amines is 4. The maximum absolute atomic E-state index is 14.0. The SMILES string of the molecule is CCCN1Cc2[nH]nc(C(=O)N3CCC(c4ccc(F)c(F)c4C(F)(F)F)CC3)c2C1.CCN1Cc2[nH]nc(C(=O)N3CCC(c4ccc(F)c(F)c4C(F)(F)F)CC3)c2C1.CN1Cc2[nH]nc(C(=O)N3CCC(c4ccc(F)c(F)c4C(F)(F)F)CC3)c2C1.O=C(c1n[nH]c2c1CN(C(=O)N1CCCC1)C2)N1CCC(c2ccc(F)c(F)c2C(F)(F)F)CC1.